The van der Waals surface area contributed by atoms with Gasteiger partial charge in [0.25, 0.3) is 0 Å². The lowest BCUT2D eigenvalue weighted by atomic mass is 9.83. The summed E-state index contributed by atoms with van der Waals surface area (Å²) >= 11 is 9.93. The van der Waals surface area contributed by atoms with Gasteiger partial charge < -0.3 is 15.2 Å². The predicted molar refractivity (Wildman–Crippen MR) is 94.9 cm³/mol. The monoisotopic (exact) mass is 389 g/mol. The second kappa shape index (κ2) is 7.52. The predicted octanol–water partition coefficient (Wildman–Crippen LogP) is 4.75. The molecule has 2 rings (SSSR count). The normalized spacial score (nSPS) is 23.7. The van der Waals surface area contributed by atoms with Gasteiger partial charge in [0.1, 0.15) is 5.75 Å². The van der Waals surface area contributed by atoms with Crippen molar-refractivity contribution < 1.29 is 9.47 Å². The zero-order valence-corrected chi connectivity index (χ0v) is 15.8. The summed E-state index contributed by atoms with van der Waals surface area (Å²) in [4.78, 5) is 0. The highest BCUT2D eigenvalue weighted by atomic mass is 79.9. The van der Waals surface area contributed by atoms with Crippen LogP contribution < -0.4 is 10.5 Å². The van der Waals surface area contributed by atoms with Gasteiger partial charge >= 0.3 is 0 Å². The molecule has 3 nitrogen and oxygen atoms in total. The van der Waals surface area contributed by atoms with E-state index in [1.54, 1.807) is 7.11 Å². The maximum Gasteiger partial charge on any atom is 0.138 e. The Morgan fingerprint density at radius 3 is 2.68 bits per heavy atom. The molecule has 1 aromatic carbocycles. The molecule has 0 heterocycles. The third-order valence-corrected chi connectivity index (χ3v) is 5.62. The zero-order chi connectivity index (χ0) is 16.3. The molecule has 0 saturated heterocycles. The molecule has 124 valence electrons. The fraction of sp³-hybridized carbons (Fsp3) is 0.647. The highest BCUT2D eigenvalue weighted by molar-refractivity contribution is 9.10. The number of methoxy groups -OCH3 is 1. The van der Waals surface area contributed by atoms with E-state index in [4.69, 9.17) is 26.8 Å². The fourth-order valence-electron chi connectivity index (χ4n) is 3.09. The topological polar surface area (TPSA) is 44.5 Å². The Morgan fingerprint density at radius 2 is 2.09 bits per heavy atom. The summed E-state index contributed by atoms with van der Waals surface area (Å²) in [6.07, 6.45) is 3.07. The van der Waals surface area contributed by atoms with Gasteiger partial charge in [-0.25, -0.2) is 0 Å². The molecule has 1 aromatic rings. The number of hydrogen-bond donors (Lipinski definition) is 1. The molecule has 1 aliphatic carbocycles. The minimum Gasteiger partial charge on any atom is -0.492 e. The summed E-state index contributed by atoms with van der Waals surface area (Å²) in [5.74, 6) is 1.07. The second-order valence-electron chi connectivity index (χ2n) is 6.66. The Hall–Kier alpha value is -0.290. The van der Waals surface area contributed by atoms with E-state index in [-0.39, 0.29) is 11.5 Å². The van der Waals surface area contributed by atoms with Gasteiger partial charge in [0.15, 0.2) is 0 Å². The standard InChI is InChI=1S/C17H25BrClNO2/c1-17(2)6-5-11(16(17)20)12-9-15(14(19)10-13(12)18)22-8-4-7-21-3/h9-11,16H,4-8,20H2,1-3H3/t11-,16+/m1/s1. The Morgan fingerprint density at radius 1 is 1.36 bits per heavy atom. The summed E-state index contributed by atoms with van der Waals surface area (Å²) in [5.41, 5.74) is 7.84. The number of rotatable bonds is 6. The van der Waals surface area contributed by atoms with Gasteiger partial charge in [-0.2, -0.15) is 0 Å². The van der Waals surface area contributed by atoms with Crippen LogP contribution in [0, 0.1) is 5.41 Å². The first-order chi connectivity index (χ1) is 10.4. The molecule has 2 N–H and O–H groups in total. The van der Waals surface area contributed by atoms with Crippen molar-refractivity contribution in [3.8, 4) is 5.75 Å². The number of nitrogens with two attached hydrogens (primary N) is 1. The molecule has 0 bridgehead atoms. The summed E-state index contributed by atoms with van der Waals surface area (Å²) in [6.45, 7) is 5.76. The molecule has 22 heavy (non-hydrogen) atoms. The van der Waals surface area contributed by atoms with E-state index in [1.807, 2.05) is 12.1 Å². The third-order valence-electron chi connectivity index (χ3n) is 4.64. The maximum atomic E-state index is 6.47. The number of hydrogen-bond acceptors (Lipinski definition) is 3. The first kappa shape index (κ1) is 18.1. The van der Waals surface area contributed by atoms with Crippen molar-refractivity contribution in [2.75, 3.05) is 20.3 Å². The van der Waals surface area contributed by atoms with Crippen LogP contribution in [0.25, 0.3) is 0 Å². The van der Waals surface area contributed by atoms with E-state index in [2.05, 4.69) is 29.8 Å². The van der Waals surface area contributed by atoms with Crippen molar-refractivity contribution in [3.63, 3.8) is 0 Å². The zero-order valence-electron chi connectivity index (χ0n) is 13.5. The van der Waals surface area contributed by atoms with E-state index < -0.39 is 0 Å². The Balaban J connectivity index is 2.18. The third kappa shape index (κ3) is 3.97. The van der Waals surface area contributed by atoms with Crippen molar-refractivity contribution in [2.24, 2.45) is 11.1 Å². The van der Waals surface area contributed by atoms with E-state index >= 15 is 0 Å². The van der Waals surface area contributed by atoms with Gasteiger partial charge in [-0.15, -0.1) is 0 Å². The lowest BCUT2D eigenvalue weighted by Crippen LogP contribution is -2.36. The lowest BCUT2D eigenvalue weighted by molar-refractivity contribution is 0.172. The van der Waals surface area contributed by atoms with Gasteiger partial charge in [0.2, 0.25) is 0 Å². The van der Waals surface area contributed by atoms with Crippen LogP contribution in [0.5, 0.6) is 5.75 Å². The molecule has 0 aliphatic heterocycles. The fourth-order valence-corrected chi connectivity index (χ4v) is 4.08. The van der Waals surface area contributed by atoms with Crippen molar-refractivity contribution in [2.45, 2.75) is 45.1 Å². The smallest absolute Gasteiger partial charge is 0.138 e. The van der Waals surface area contributed by atoms with Crippen molar-refractivity contribution in [1.29, 1.82) is 0 Å². The van der Waals surface area contributed by atoms with Gasteiger partial charge in [0.05, 0.1) is 11.6 Å². The summed E-state index contributed by atoms with van der Waals surface area (Å²) in [7, 11) is 1.69. The van der Waals surface area contributed by atoms with Gasteiger partial charge in [-0.1, -0.05) is 41.4 Å². The Labute approximate surface area is 146 Å². The molecular weight excluding hydrogens is 366 g/mol. The van der Waals surface area contributed by atoms with E-state index in [0.29, 0.717) is 24.2 Å². The summed E-state index contributed by atoms with van der Waals surface area (Å²) in [6, 6.07) is 4.11. The molecule has 2 atom stereocenters. The quantitative estimate of drug-likeness (QED) is 0.713. The van der Waals surface area contributed by atoms with Crippen LogP contribution in [0.3, 0.4) is 0 Å². The molecule has 0 radical (unpaired) electrons. The molecule has 0 spiro atoms. The minimum atomic E-state index is 0.145. The van der Waals surface area contributed by atoms with Crippen LogP contribution in [0.4, 0.5) is 0 Å². The molecule has 0 unspecified atom stereocenters. The van der Waals surface area contributed by atoms with Crippen LogP contribution in [0.1, 0.15) is 44.6 Å². The second-order valence-corrected chi connectivity index (χ2v) is 7.92. The van der Waals surface area contributed by atoms with Crippen molar-refractivity contribution in [1.82, 2.24) is 0 Å². The summed E-state index contributed by atoms with van der Waals surface area (Å²) in [5, 5.41) is 0.624. The average molecular weight is 391 g/mol. The molecule has 0 aromatic heterocycles. The van der Waals surface area contributed by atoms with Crippen LogP contribution in [-0.2, 0) is 4.74 Å². The van der Waals surface area contributed by atoms with Gasteiger partial charge in [-0.05, 0) is 36.0 Å². The van der Waals surface area contributed by atoms with Gasteiger partial charge in [-0.3, -0.25) is 0 Å². The number of benzene rings is 1. The number of halogens is 2. The largest absolute Gasteiger partial charge is 0.492 e. The average Bonchev–Trinajstić information content (AvgIpc) is 2.72. The van der Waals surface area contributed by atoms with Crippen LogP contribution in [-0.4, -0.2) is 26.4 Å². The molecule has 1 aliphatic rings. The molecule has 5 heteroatoms. The molecule has 1 saturated carbocycles. The van der Waals surface area contributed by atoms with E-state index in [1.165, 1.54) is 5.56 Å². The molecule has 0 amide bonds. The first-order valence-corrected chi connectivity index (χ1v) is 8.90. The van der Waals surface area contributed by atoms with Crippen molar-refractivity contribution in [3.05, 3.63) is 27.2 Å². The first-order valence-electron chi connectivity index (χ1n) is 7.73. The van der Waals surface area contributed by atoms with E-state index in [0.717, 1.165) is 29.5 Å². The lowest BCUT2D eigenvalue weighted by Gasteiger charge is -2.28. The van der Waals surface area contributed by atoms with Gasteiger partial charge in [0, 0.05) is 36.6 Å². The number of ether oxygens (including phenoxy) is 2. The summed E-state index contributed by atoms with van der Waals surface area (Å²) < 4.78 is 11.9. The SMILES string of the molecule is COCCCOc1cc([C@H]2CCC(C)(C)[C@H]2N)c(Br)cc1Cl. The Kier molecular flexibility index (Phi) is 6.17. The maximum absolute atomic E-state index is 6.47. The molecule has 1 fully saturated rings. The highest BCUT2D eigenvalue weighted by Gasteiger charge is 2.40. The minimum absolute atomic E-state index is 0.145. The van der Waals surface area contributed by atoms with Crippen molar-refractivity contribution >= 4 is 27.5 Å². The van der Waals surface area contributed by atoms with E-state index in [9.17, 15) is 0 Å². The van der Waals surface area contributed by atoms with Crippen LogP contribution >= 0.6 is 27.5 Å². The molecular formula is C17H25BrClNO2. The highest BCUT2D eigenvalue weighted by Crippen LogP contribution is 2.48. The van der Waals surface area contributed by atoms with Crippen LogP contribution in [0.15, 0.2) is 16.6 Å². The Bertz CT molecular complexity index is 522. The van der Waals surface area contributed by atoms with Crippen LogP contribution in [0.2, 0.25) is 5.02 Å².